The SMILES string of the molecule is CCCNC(c1ccc(F)c(Br)c1)C1(C)CCCC1. The summed E-state index contributed by atoms with van der Waals surface area (Å²) in [6, 6.07) is 5.76. The Morgan fingerprint density at radius 3 is 2.63 bits per heavy atom. The van der Waals surface area contributed by atoms with Crippen molar-refractivity contribution in [1.82, 2.24) is 5.32 Å². The maximum absolute atomic E-state index is 13.4. The number of hydrogen-bond acceptors (Lipinski definition) is 1. The van der Waals surface area contributed by atoms with E-state index in [4.69, 9.17) is 0 Å². The molecule has 0 heterocycles. The van der Waals surface area contributed by atoms with Gasteiger partial charge in [0.1, 0.15) is 5.82 Å². The summed E-state index contributed by atoms with van der Waals surface area (Å²) in [6.45, 7) is 5.56. The van der Waals surface area contributed by atoms with Gasteiger partial charge in [0.15, 0.2) is 0 Å². The Kier molecular flexibility index (Phi) is 5.02. The van der Waals surface area contributed by atoms with E-state index in [0.717, 1.165) is 13.0 Å². The molecule has 0 radical (unpaired) electrons. The summed E-state index contributed by atoms with van der Waals surface area (Å²) in [5.41, 5.74) is 1.50. The highest BCUT2D eigenvalue weighted by Crippen LogP contribution is 2.47. The molecule has 1 fully saturated rings. The monoisotopic (exact) mass is 327 g/mol. The van der Waals surface area contributed by atoms with Crippen LogP contribution < -0.4 is 5.32 Å². The summed E-state index contributed by atoms with van der Waals surface area (Å²) in [5, 5.41) is 3.67. The third-order valence-electron chi connectivity index (χ3n) is 4.32. The minimum atomic E-state index is -0.186. The second-order valence-electron chi connectivity index (χ2n) is 5.92. The zero-order valence-electron chi connectivity index (χ0n) is 11.8. The molecule has 1 N–H and O–H groups in total. The fourth-order valence-corrected chi connectivity index (χ4v) is 3.62. The first-order valence-corrected chi connectivity index (χ1v) is 8.04. The maximum Gasteiger partial charge on any atom is 0.137 e. The minimum Gasteiger partial charge on any atom is -0.309 e. The number of halogens is 2. The van der Waals surface area contributed by atoms with Gasteiger partial charge in [0.05, 0.1) is 4.47 Å². The lowest BCUT2D eigenvalue weighted by Gasteiger charge is -2.35. The molecule has 1 nitrogen and oxygen atoms in total. The fraction of sp³-hybridized carbons (Fsp3) is 0.625. The third kappa shape index (κ3) is 3.38. The molecule has 0 aromatic heterocycles. The van der Waals surface area contributed by atoms with Crippen LogP contribution in [0.15, 0.2) is 22.7 Å². The Balaban J connectivity index is 2.28. The second-order valence-corrected chi connectivity index (χ2v) is 6.78. The number of nitrogens with one attached hydrogen (secondary N) is 1. The van der Waals surface area contributed by atoms with Crippen LogP contribution in [0.5, 0.6) is 0 Å². The van der Waals surface area contributed by atoms with Crippen LogP contribution in [0.2, 0.25) is 0 Å². The van der Waals surface area contributed by atoms with Crippen molar-refractivity contribution in [3.8, 4) is 0 Å². The lowest BCUT2D eigenvalue weighted by molar-refractivity contribution is 0.223. The van der Waals surface area contributed by atoms with E-state index < -0.39 is 0 Å². The topological polar surface area (TPSA) is 12.0 Å². The third-order valence-corrected chi connectivity index (χ3v) is 4.93. The molecule has 0 amide bonds. The summed E-state index contributed by atoms with van der Waals surface area (Å²) < 4.78 is 14.0. The summed E-state index contributed by atoms with van der Waals surface area (Å²) in [7, 11) is 0. The number of benzene rings is 1. The molecule has 19 heavy (non-hydrogen) atoms. The number of hydrogen-bond donors (Lipinski definition) is 1. The van der Waals surface area contributed by atoms with Crippen LogP contribution in [0, 0.1) is 11.2 Å². The van der Waals surface area contributed by atoms with E-state index in [1.807, 2.05) is 12.1 Å². The second kappa shape index (κ2) is 6.36. The van der Waals surface area contributed by atoms with Crippen molar-refractivity contribution in [2.75, 3.05) is 6.54 Å². The van der Waals surface area contributed by atoms with E-state index in [-0.39, 0.29) is 5.82 Å². The molecule has 1 aromatic carbocycles. The molecule has 1 aromatic rings. The smallest absolute Gasteiger partial charge is 0.137 e. The molecule has 1 atom stereocenters. The van der Waals surface area contributed by atoms with Crippen LogP contribution in [0.1, 0.15) is 57.6 Å². The quantitative estimate of drug-likeness (QED) is 0.782. The first kappa shape index (κ1) is 15.0. The molecule has 0 spiro atoms. The van der Waals surface area contributed by atoms with Gasteiger partial charge >= 0.3 is 0 Å². The van der Waals surface area contributed by atoms with E-state index in [1.165, 1.54) is 31.2 Å². The average Bonchev–Trinajstić information content (AvgIpc) is 2.82. The Morgan fingerprint density at radius 2 is 2.05 bits per heavy atom. The van der Waals surface area contributed by atoms with Gasteiger partial charge in [0.25, 0.3) is 0 Å². The average molecular weight is 328 g/mol. The highest BCUT2D eigenvalue weighted by Gasteiger charge is 2.37. The van der Waals surface area contributed by atoms with Gasteiger partial charge in [-0.2, -0.15) is 0 Å². The van der Waals surface area contributed by atoms with Crippen LogP contribution >= 0.6 is 15.9 Å². The van der Waals surface area contributed by atoms with E-state index in [0.29, 0.717) is 15.9 Å². The maximum atomic E-state index is 13.4. The Morgan fingerprint density at radius 1 is 1.37 bits per heavy atom. The lowest BCUT2D eigenvalue weighted by atomic mass is 9.77. The van der Waals surface area contributed by atoms with Crippen molar-refractivity contribution in [2.24, 2.45) is 5.41 Å². The van der Waals surface area contributed by atoms with Crippen LogP contribution in [0.4, 0.5) is 4.39 Å². The Bertz CT molecular complexity index is 427. The molecule has 1 aliphatic rings. The van der Waals surface area contributed by atoms with E-state index in [2.05, 4.69) is 35.1 Å². The molecule has 0 aliphatic heterocycles. The molecular formula is C16H23BrFN. The molecule has 1 aliphatic carbocycles. The molecule has 1 saturated carbocycles. The fourth-order valence-electron chi connectivity index (χ4n) is 3.22. The molecular weight excluding hydrogens is 305 g/mol. The molecule has 3 heteroatoms. The molecule has 0 saturated heterocycles. The Labute approximate surface area is 124 Å². The normalized spacial score (nSPS) is 19.6. The highest BCUT2D eigenvalue weighted by atomic mass is 79.9. The zero-order chi connectivity index (χ0) is 13.9. The molecule has 106 valence electrons. The van der Waals surface area contributed by atoms with Gasteiger partial charge in [-0.3, -0.25) is 0 Å². The predicted octanol–water partition coefficient (Wildman–Crippen LogP) is 5.21. The van der Waals surface area contributed by atoms with Crippen molar-refractivity contribution < 1.29 is 4.39 Å². The largest absolute Gasteiger partial charge is 0.309 e. The summed E-state index contributed by atoms with van der Waals surface area (Å²) >= 11 is 3.31. The Hall–Kier alpha value is -0.410. The van der Waals surface area contributed by atoms with Crippen LogP contribution in [0.3, 0.4) is 0 Å². The molecule has 2 rings (SSSR count). The van der Waals surface area contributed by atoms with Crippen molar-refractivity contribution in [2.45, 2.75) is 52.0 Å². The summed E-state index contributed by atoms with van der Waals surface area (Å²) in [4.78, 5) is 0. The van der Waals surface area contributed by atoms with Gasteiger partial charge in [0.2, 0.25) is 0 Å². The van der Waals surface area contributed by atoms with Crippen LogP contribution in [0.25, 0.3) is 0 Å². The van der Waals surface area contributed by atoms with E-state index in [9.17, 15) is 4.39 Å². The standard InChI is InChI=1S/C16H23BrFN/c1-3-10-19-15(16(2)8-4-5-9-16)12-6-7-14(18)13(17)11-12/h6-7,11,15,19H,3-5,8-10H2,1-2H3. The summed E-state index contributed by atoms with van der Waals surface area (Å²) in [5.74, 6) is -0.186. The first-order chi connectivity index (χ1) is 9.07. The van der Waals surface area contributed by atoms with Gasteiger partial charge < -0.3 is 5.32 Å². The highest BCUT2D eigenvalue weighted by molar-refractivity contribution is 9.10. The molecule has 0 bridgehead atoms. The van der Waals surface area contributed by atoms with Gasteiger partial charge in [0, 0.05) is 6.04 Å². The van der Waals surface area contributed by atoms with Crippen LogP contribution in [-0.2, 0) is 0 Å². The van der Waals surface area contributed by atoms with Crippen molar-refractivity contribution in [3.63, 3.8) is 0 Å². The van der Waals surface area contributed by atoms with Gasteiger partial charge in [-0.25, -0.2) is 4.39 Å². The summed E-state index contributed by atoms with van der Waals surface area (Å²) in [6.07, 6.45) is 6.24. The van der Waals surface area contributed by atoms with Crippen molar-refractivity contribution in [3.05, 3.63) is 34.1 Å². The zero-order valence-corrected chi connectivity index (χ0v) is 13.4. The van der Waals surface area contributed by atoms with Crippen molar-refractivity contribution in [1.29, 1.82) is 0 Å². The number of rotatable bonds is 5. The lowest BCUT2D eigenvalue weighted by Crippen LogP contribution is -2.35. The van der Waals surface area contributed by atoms with Gasteiger partial charge in [-0.05, 0) is 64.8 Å². The van der Waals surface area contributed by atoms with Gasteiger partial charge in [-0.15, -0.1) is 0 Å². The van der Waals surface area contributed by atoms with E-state index >= 15 is 0 Å². The molecule has 1 unspecified atom stereocenters. The predicted molar refractivity (Wildman–Crippen MR) is 81.7 cm³/mol. The minimum absolute atomic E-state index is 0.186. The van der Waals surface area contributed by atoms with E-state index in [1.54, 1.807) is 6.07 Å². The van der Waals surface area contributed by atoms with Crippen LogP contribution in [-0.4, -0.2) is 6.54 Å². The first-order valence-electron chi connectivity index (χ1n) is 7.25. The van der Waals surface area contributed by atoms with Crippen molar-refractivity contribution >= 4 is 15.9 Å². The van der Waals surface area contributed by atoms with Gasteiger partial charge in [-0.1, -0.05) is 32.8 Å².